The summed E-state index contributed by atoms with van der Waals surface area (Å²) in [6.45, 7) is 0.0633. The highest BCUT2D eigenvalue weighted by Crippen LogP contribution is 2.20. The van der Waals surface area contributed by atoms with Crippen LogP contribution in [0.5, 0.6) is 0 Å². The molecule has 0 unspecified atom stereocenters. The number of fused-ring (bicyclic) bond motifs is 1. The topological polar surface area (TPSA) is 80.3 Å². The van der Waals surface area contributed by atoms with Crippen molar-refractivity contribution in [1.29, 1.82) is 0 Å². The van der Waals surface area contributed by atoms with Crippen LogP contribution in [0.1, 0.15) is 10.4 Å². The summed E-state index contributed by atoms with van der Waals surface area (Å²) < 4.78 is 4.68. The minimum absolute atomic E-state index is 0.0633. The summed E-state index contributed by atoms with van der Waals surface area (Å²) in [6.07, 6.45) is 1.69. The average Bonchev–Trinajstić information content (AvgIpc) is 2.66. The Morgan fingerprint density at radius 2 is 1.88 bits per heavy atom. The summed E-state index contributed by atoms with van der Waals surface area (Å²) in [5.74, 6) is -0.628. The Kier molecular flexibility index (Phi) is 4.89. The zero-order chi connectivity index (χ0) is 17.6. The minimum Gasteiger partial charge on any atom is -0.465 e. The van der Waals surface area contributed by atoms with Gasteiger partial charge in [-0.15, -0.1) is 0 Å². The summed E-state index contributed by atoms with van der Waals surface area (Å²) in [7, 11) is 1.33. The van der Waals surface area contributed by atoms with Gasteiger partial charge >= 0.3 is 5.97 Å². The molecule has 6 nitrogen and oxygen atoms in total. The van der Waals surface area contributed by atoms with Crippen LogP contribution in [0.4, 0.5) is 11.4 Å². The molecule has 25 heavy (non-hydrogen) atoms. The third kappa shape index (κ3) is 3.92. The van der Waals surface area contributed by atoms with Crippen LogP contribution in [-0.4, -0.2) is 30.5 Å². The Morgan fingerprint density at radius 3 is 2.72 bits per heavy atom. The van der Waals surface area contributed by atoms with Crippen molar-refractivity contribution in [2.75, 3.05) is 24.3 Å². The normalized spacial score (nSPS) is 10.3. The summed E-state index contributed by atoms with van der Waals surface area (Å²) in [5, 5.41) is 6.80. The first-order valence-electron chi connectivity index (χ1n) is 7.73. The first kappa shape index (κ1) is 16.4. The monoisotopic (exact) mass is 335 g/mol. The number of esters is 1. The Bertz CT molecular complexity index is 919. The number of nitrogens with one attached hydrogen (secondary N) is 2. The molecule has 0 saturated heterocycles. The van der Waals surface area contributed by atoms with E-state index in [9.17, 15) is 9.59 Å². The van der Waals surface area contributed by atoms with Crippen LogP contribution in [-0.2, 0) is 9.53 Å². The SMILES string of the molecule is COC(=O)c1cccc(NCC(=O)Nc2cccc3cccnc23)c1. The first-order valence-corrected chi connectivity index (χ1v) is 7.73. The number of aromatic nitrogens is 1. The number of methoxy groups -OCH3 is 1. The number of nitrogens with zero attached hydrogens (tertiary/aromatic N) is 1. The predicted molar refractivity (Wildman–Crippen MR) is 96.6 cm³/mol. The molecule has 3 rings (SSSR count). The van der Waals surface area contributed by atoms with Gasteiger partial charge in [0.15, 0.2) is 0 Å². The van der Waals surface area contributed by atoms with Gasteiger partial charge in [-0.3, -0.25) is 9.78 Å². The summed E-state index contributed by atoms with van der Waals surface area (Å²) >= 11 is 0. The van der Waals surface area contributed by atoms with E-state index < -0.39 is 5.97 Å². The Balaban J connectivity index is 1.66. The lowest BCUT2D eigenvalue weighted by atomic mass is 10.2. The lowest BCUT2D eigenvalue weighted by Gasteiger charge is -2.10. The van der Waals surface area contributed by atoms with Crippen molar-refractivity contribution in [1.82, 2.24) is 4.98 Å². The van der Waals surface area contributed by atoms with Crippen molar-refractivity contribution in [2.45, 2.75) is 0 Å². The largest absolute Gasteiger partial charge is 0.465 e. The zero-order valence-corrected chi connectivity index (χ0v) is 13.7. The number of carbonyl (C=O) groups is 2. The van der Waals surface area contributed by atoms with Crippen LogP contribution >= 0.6 is 0 Å². The third-order valence-electron chi connectivity index (χ3n) is 3.64. The summed E-state index contributed by atoms with van der Waals surface area (Å²) in [4.78, 5) is 28.1. The standard InChI is InChI=1S/C19H17N3O3/c1-25-19(24)14-6-2-8-15(11-14)21-12-17(23)22-16-9-3-5-13-7-4-10-20-18(13)16/h2-11,21H,12H2,1H3,(H,22,23). The van der Waals surface area contributed by atoms with Crippen LogP contribution in [0.25, 0.3) is 10.9 Å². The molecule has 1 heterocycles. The quantitative estimate of drug-likeness (QED) is 0.701. The van der Waals surface area contributed by atoms with Crippen LogP contribution in [0.15, 0.2) is 60.8 Å². The van der Waals surface area contributed by atoms with Gasteiger partial charge in [-0.05, 0) is 30.3 Å². The number of carbonyl (C=O) groups excluding carboxylic acids is 2. The van der Waals surface area contributed by atoms with Crippen LogP contribution in [0.2, 0.25) is 0 Å². The van der Waals surface area contributed by atoms with Crippen molar-refractivity contribution < 1.29 is 14.3 Å². The number of pyridine rings is 1. The van der Waals surface area contributed by atoms with E-state index in [0.29, 0.717) is 16.9 Å². The van der Waals surface area contributed by atoms with E-state index >= 15 is 0 Å². The molecule has 2 N–H and O–H groups in total. The summed E-state index contributed by atoms with van der Waals surface area (Å²) in [6, 6.07) is 16.2. The molecule has 0 fully saturated rings. The molecular formula is C19H17N3O3. The van der Waals surface area contributed by atoms with E-state index in [0.717, 1.165) is 10.9 Å². The van der Waals surface area contributed by atoms with Crippen molar-refractivity contribution in [3.63, 3.8) is 0 Å². The fraction of sp³-hybridized carbons (Fsp3) is 0.105. The van der Waals surface area contributed by atoms with Gasteiger partial charge < -0.3 is 15.4 Å². The van der Waals surface area contributed by atoms with Gasteiger partial charge in [-0.25, -0.2) is 4.79 Å². The highest BCUT2D eigenvalue weighted by atomic mass is 16.5. The first-order chi connectivity index (χ1) is 12.2. The van der Waals surface area contributed by atoms with Gasteiger partial charge in [-0.1, -0.05) is 24.3 Å². The van der Waals surface area contributed by atoms with E-state index in [1.165, 1.54) is 7.11 Å². The number of para-hydroxylation sites is 1. The molecule has 0 aliphatic carbocycles. The molecule has 0 spiro atoms. The molecule has 126 valence electrons. The number of amides is 1. The molecule has 1 aromatic heterocycles. The summed E-state index contributed by atoms with van der Waals surface area (Å²) in [5.41, 5.74) is 2.49. The molecular weight excluding hydrogens is 318 g/mol. The number of anilines is 2. The second kappa shape index (κ2) is 7.44. The van der Waals surface area contributed by atoms with Gasteiger partial charge in [0.05, 0.1) is 30.4 Å². The van der Waals surface area contributed by atoms with E-state index in [4.69, 9.17) is 0 Å². The molecule has 6 heteroatoms. The molecule has 0 atom stereocenters. The molecule has 0 aliphatic heterocycles. The zero-order valence-electron chi connectivity index (χ0n) is 13.7. The molecule has 3 aromatic rings. The Hall–Kier alpha value is -3.41. The smallest absolute Gasteiger partial charge is 0.337 e. The predicted octanol–water partition coefficient (Wildman–Crippen LogP) is 3.07. The fourth-order valence-electron chi connectivity index (χ4n) is 2.46. The van der Waals surface area contributed by atoms with Crippen molar-refractivity contribution in [3.05, 3.63) is 66.4 Å². The van der Waals surface area contributed by atoms with E-state index in [-0.39, 0.29) is 12.5 Å². The van der Waals surface area contributed by atoms with E-state index in [2.05, 4.69) is 20.4 Å². The van der Waals surface area contributed by atoms with Crippen molar-refractivity contribution in [3.8, 4) is 0 Å². The maximum Gasteiger partial charge on any atom is 0.337 e. The third-order valence-corrected chi connectivity index (χ3v) is 3.64. The van der Waals surface area contributed by atoms with Crippen LogP contribution in [0.3, 0.4) is 0 Å². The molecule has 0 saturated carbocycles. The Morgan fingerprint density at radius 1 is 1.08 bits per heavy atom. The molecule has 1 amide bonds. The van der Waals surface area contributed by atoms with Gasteiger partial charge in [-0.2, -0.15) is 0 Å². The van der Waals surface area contributed by atoms with Crippen LogP contribution < -0.4 is 10.6 Å². The molecule has 0 bridgehead atoms. The van der Waals surface area contributed by atoms with Gasteiger partial charge in [0.1, 0.15) is 0 Å². The number of ether oxygens (including phenoxy) is 1. The highest BCUT2D eigenvalue weighted by molar-refractivity contribution is 6.01. The van der Waals surface area contributed by atoms with Gasteiger partial charge in [0.2, 0.25) is 5.91 Å². The van der Waals surface area contributed by atoms with E-state index in [1.54, 1.807) is 30.5 Å². The van der Waals surface area contributed by atoms with Gasteiger partial charge in [0.25, 0.3) is 0 Å². The molecule has 0 aliphatic rings. The average molecular weight is 335 g/mol. The number of hydrogen-bond acceptors (Lipinski definition) is 5. The molecule has 2 aromatic carbocycles. The second-order valence-corrected chi connectivity index (χ2v) is 5.35. The van der Waals surface area contributed by atoms with Crippen molar-refractivity contribution in [2.24, 2.45) is 0 Å². The lowest BCUT2D eigenvalue weighted by Crippen LogP contribution is -2.22. The van der Waals surface area contributed by atoms with Gasteiger partial charge in [0, 0.05) is 17.3 Å². The van der Waals surface area contributed by atoms with E-state index in [1.807, 2.05) is 30.3 Å². The fourth-order valence-corrected chi connectivity index (χ4v) is 2.46. The number of rotatable bonds is 5. The number of hydrogen-bond donors (Lipinski definition) is 2. The molecule has 0 radical (unpaired) electrons. The minimum atomic E-state index is -0.421. The maximum absolute atomic E-state index is 12.2. The van der Waals surface area contributed by atoms with Crippen molar-refractivity contribution >= 4 is 34.2 Å². The highest BCUT2D eigenvalue weighted by Gasteiger charge is 2.08. The maximum atomic E-state index is 12.2. The lowest BCUT2D eigenvalue weighted by molar-refractivity contribution is -0.114. The van der Waals surface area contributed by atoms with Crippen LogP contribution in [0, 0.1) is 0 Å². The number of benzene rings is 2. The second-order valence-electron chi connectivity index (χ2n) is 5.35. The Labute approximate surface area is 144 Å².